The molecule has 1 amide bonds. The second-order valence-electron chi connectivity index (χ2n) is 3.92. The lowest BCUT2D eigenvalue weighted by atomic mass is 10.2. The average molecular weight is 273 g/mol. The van der Waals surface area contributed by atoms with Crippen LogP contribution in [0.2, 0.25) is 0 Å². The number of pyridine rings is 1. The van der Waals surface area contributed by atoms with Crippen LogP contribution in [0.3, 0.4) is 0 Å². The van der Waals surface area contributed by atoms with E-state index in [9.17, 15) is 4.79 Å². The fourth-order valence-electron chi connectivity index (χ4n) is 1.75. The number of aromatic nitrogens is 4. The summed E-state index contributed by atoms with van der Waals surface area (Å²) in [7, 11) is 0. The van der Waals surface area contributed by atoms with E-state index in [-0.39, 0.29) is 5.91 Å². The number of hydrogen-bond acceptors (Lipinski definition) is 5. The largest absolute Gasteiger partial charge is 0.352 e. The van der Waals surface area contributed by atoms with Crippen LogP contribution in [0.5, 0.6) is 0 Å². The highest BCUT2D eigenvalue weighted by Crippen LogP contribution is 2.12. The van der Waals surface area contributed by atoms with E-state index in [4.69, 9.17) is 0 Å². The number of carbonyl (C=O) groups excluding carboxylic acids is 1. The van der Waals surface area contributed by atoms with Gasteiger partial charge in [-0.05, 0) is 12.1 Å². The lowest BCUT2D eigenvalue weighted by Crippen LogP contribution is -2.25. The lowest BCUT2D eigenvalue weighted by Gasteiger charge is -2.04. The van der Waals surface area contributed by atoms with Crippen molar-refractivity contribution in [2.24, 2.45) is 0 Å². The summed E-state index contributed by atoms with van der Waals surface area (Å²) in [5.41, 5.74) is 1.67. The number of rotatable bonds is 4. The molecule has 0 radical (unpaired) electrons. The minimum absolute atomic E-state index is 0.0903. The monoisotopic (exact) mass is 273 g/mol. The molecule has 0 saturated carbocycles. The Morgan fingerprint density at radius 1 is 1.37 bits per heavy atom. The molecule has 19 heavy (non-hydrogen) atoms. The standard InChI is InChI=1S/C12H11N5OS/c18-11(9-1-4-13-5-2-9)14-6-3-10-7-19-12-15-8-16-17(10)12/h1-2,4-5,7-8H,3,6H2,(H,14,18). The molecule has 3 aromatic heterocycles. The Hall–Kier alpha value is -2.28. The van der Waals surface area contributed by atoms with Crippen molar-refractivity contribution in [3.05, 3.63) is 47.5 Å². The summed E-state index contributed by atoms with van der Waals surface area (Å²) in [6.07, 6.45) is 5.46. The summed E-state index contributed by atoms with van der Waals surface area (Å²) < 4.78 is 1.79. The summed E-state index contributed by atoms with van der Waals surface area (Å²) in [4.78, 5) is 20.7. The number of amides is 1. The van der Waals surface area contributed by atoms with Gasteiger partial charge in [0.05, 0.1) is 5.69 Å². The van der Waals surface area contributed by atoms with Crippen LogP contribution >= 0.6 is 11.3 Å². The number of thiazole rings is 1. The molecule has 0 fully saturated rings. The Morgan fingerprint density at radius 2 is 2.21 bits per heavy atom. The van der Waals surface area contributed by atoms with E-state index in [1.165, 1.54) is 6.33 Å². The third-order valence-electron chi connectivity index (χ3n) is 2.70. The third kappa shape index (κ3) is 2.45. The molecule has 0 aliphatic heterocycles. The summed E-state index contributed by atoms with van der Waals surface area (Å²) in [6, 6.07) is 3.38. The van der Waals surface area contributed by atoms with Gasteiger partial charge < -0.3 is 5.32 Å². The van der Waals surface area contributed by atoms with Crippen LogP contribution in [0.25, 0.3) is 4.96 Å². The van der Waals surface area contributed by atoms with E-state index in [1.54, 1.807) is 40.4 Å². The highest BCUT2D eigenvalue weighted by atomic mass is 32.1. The van der Waals surface area contributed by atoms with E-state index in [1.807, 2.05) is 5.38 Å². The Labute approximate surface area is 113 Å². The van der Waals surface area contributed by atoms with Crippen molar-refractivity contribution in [3.8, 4) is 0 Å². The van der Waals surface area contributed by atoms with Crippen LogP contribution in [0.15, 0.2) is 36.2 Å². The molecule has 6 nitrogen and oxygen atoms in total. The summed E-state index contributed by atoms with van der Waals surface area (Å²) >= 11 is 1.54. The topological polar surface area (TPSA) is 72.2 Å². The molecule has 3 rings (SSSR count). The quantitative estimate of drug-likeness (QED) is 0.774. The zero-order chi connectivity index (χ0) is 13.1. The highest BCUT2D eigenvalue weighted by molar-refractivity contribution is 7.15. The minimum Gasteiger partial charge on any atom is -0.352 e. The molecule has 1 N–H and O–H groups in total. The van der Waals surface area contributed by atoms with Gasteiger partial charge in [0, 0.05) is 36.3 Å². The van der Waals surface area contributed by atoms with Crippen molar-refractivity contribution in [2.45, 2.75) is 6.42 Å². The van der Waals surface area contributed by atoms with Crippen LogP contribution in [-0.2, 0) is 6.42 Å². The Kier molecular flexibility index (Phi) is 3.20. The summed E-state index contributed by atoms with van der Waals surface area (Å²) in [6.45, 7) is 0.562. The Balaban J connectivity index is 1.59. The second-order valence-corrected chi connectivity index (χ2v) is 4.76. The molecule has 0 atom stereocenters. The molecular weight excluding hydrogens is 262 g/mol. The van der Waals surface area contributed by atoms with Crippen molar-refractivity contribution < 1.29 is 4.79 Å². The molecule has 3 aromatic rings. The Morgan fingerprint density at radius 3 is 3.05 bits per heavy atom. The first-order valence-electron chi connectivity index (χ1n) is 5.79. The predicted octanol–water partition coefficient (Wildman–Crippen LogP) is 1.16. The molecule has 0 saturated heterocycles. The molecule has 0 bridgehead atoms. The van der Waals surface area contributed by atoms with Crippen molar-refractivity contribution in [3.63, 3.8) is 0 Å². The first-order valence-corrected chi connectivity index (χ1v) is 6.67. The number of hydrogen-bond donors (Lipinski definition) is 1. The maximum Gasteiger partial charge on any atom is 0.251 e. The van der Waals surface area contributed by atoms with Crippen molar-refractivity contribution in [1.82, 2.24) is 24.9 Å². The van der Waals surface area contributed by atoms with Gasteiger partial charge >= 0.3 is 0 Å². The van der Waals surface area contributed by atoms with Gasteiger partial charge in [-0.1, -0.05) is 0 Å². The molecule has 0 aliphatic carbocycles. The number of nitrogens with zero attached hydrogens (tertiary/aromatic N) is 4. The maximum atomic E-state index is 11.8. The summed E-state index contributed by atoms with van der Waals surface area (Å²) in [5, 5.41) is 9.01. The van der Waals surface area contributed by atoms with E-state index in [2.05, 4.69) is 20.4 Å². The van der Waals surface area contributed by atoms with E-state index in [0.717, 1.165) is 17.1 Å². The van der Waals surface area contributed by atoms with Crippen LogP contribution in [0.1, 0.15) is 16.1 Å². The first kappa shape index (κ1) is 11.8. The summed E-state index contributed by atoms with van der Waals surface area (Å²) in [5.74, 6) is -0.0903. The van der Waals surface area contributed by atoms with Gasteiger partial charge in [0.25, 0.3) is 5.91 Å². The highest BCUT2D eigenvalue weighted by Gasteiger charge is 2.07. The number of nitrogens with one attached hydrogen (secondary N) is 1. The first-order chi connectivity index (χ1) is 9.34. The minimum atomic E-state index is -0.0903. The van der Waals surface area contributed by atoms with Gasteiger partial charge in [-0.25, -0.2) is 9.50 Å². The van der Waals surface area contributed by atoms with E-state index < -0.39 is 0 Å². The molecule has 7 heteroatoms. The molecule has 3 heterocycles. The molecule has 0 unspecified atom stereocenters. The fraction of sp³-hybridized carbons (Fsp3) is 0.167. The average Bonchev–Trinajstić information content (AvgIpc) is 3.04. The molecule has 0 aliphatic rings. The van der Waals surface area contributed by atoms with Gasteiger partial charge in [0.15, 0.2) is 0 Å². The van der Waals surface area contributed by atoms with E-state index >= 15 is 0 Å². The van der Waals surface area contributed by atoms with E-state index in [0.29, 0.717) is 12.1 Å². The van der Waals surface area contributed by atoms with Crippen molar-refractivity contribution in [1.29, 1.82) is 0 Å². The number of fused-ring (bicyclic) bond motifs is 1. The maximum absolute atomic E-state index is 11.8. The fourth-order valence-corrected chi connectivity index (χ4v) is 2.58. The third-order valence-corrected chi connectivity index (χ3v) is 3.58. The van der Waals surface area contributed by atoms with Gasteiger partial charge in [-0.15, -0.1) is 11.3 Å². The zero-order valence-corrected chi connectivity index (χ0v) is 10.8. The van der Waals surface area contributed by atoms with Gasteiger partial charge in [-0.3, -0.25) is 9.78 Å². The second kappa shape index (κ2) is 5.15. The van der Waals surface area contributed by atoms with Crippen LogP contribution < -0.4 is 5.32 Å². The van der Waals surface area contributed by atoms with Gasteiger partial charge in [0.2, 0.25) is 4.96 Å². The molecular formula is C12H11N5OS. The Bertz CT molecular complexity index is 690. The zero-order valence-electron chi connectivity index (χ0n) is 9.98. The molecule has 96 valence electrons. The molecule has 0 aromatic carbocycles. The van der Waals surface area contributed by atoms with Crippen LogP contribution in [0.4, 0.5) is 0 Å². The number of carbonyl (C=O) groups is 1. The predicted molar refractivity (Wildman–Crippen MR) is 71.1 cm³/mol. The van der Waals surface area contributed by atoms with Crippen molar-refractivity contribution >= 4 is 22.2 Å². The van der Waals surface area contributed by atoms with Crippen LogP contribution in [-0.4, -0.2) is 32.0 Å². The van der Waals surface area contributed by atoms with Gasteiger partial charge in [0.1, 0.15) is 6.33 Å². The SMILES string of the molecule is O=C(NCCc1csc2ncnn12)c1ccncc1. The molecule has 0 spiro atoms. The van der Waals surface area contributed by atoms with Crippen LogP contribution in [0, 0.1) is 0 Å². The smallest absolute Gasteiger partial charge is 0.251 e. The lowest BCUT2D eigenvalue weighted by molar-refractivity contribution is 0.0954. The van der Waals surface area contributed by atoms with Crippen molar-refractivity contribution in [2.75, 3.05) is 6.54 Å². The van der Waals surface area contributed by atoms with Gasteiger partial charge in [-0.2, -0.15) is 5.10 Å². The normalized spacial score (nSPS) is 10.7.